The molecule has 1 aromatic rings. The van der Waals surface area contributed by atoms with Gasteiger partial charge in [0, 0.05) is 19.2 Å². The smallest absolute Gasteiger partial charge is 0.334 e. The first-order valence-corrected chi connectivity index (χ1v) is 5.40. The van der Waals surface area contributed by atoms with Crippen LogP contribution in [-0.2, 0) is 0 Å². The van der Waals surface area contributed by atoms with Crippen LogP contribution in [0.4, 0.5) is 4.79 Å². The predicted octanol–water partition coefficient (Wildman–Crippen LogP) is 1.06. The number of amides is 2. The Morgan fingerprint density at radius 3 is 2.11 bits per heavy atom. The van der Waals surface area contributed by atoms with Crippen LogP contribution in [0.1, 0.15) is 5.56 Å². The van der Waals surface area contributed by atoms with E-state index in [4.69, 9.17) is 19.9 Å². The third-order valence-corrected chi connectivity index (χ3v) is 2.43. The molecule has 2 N–H and O–H groups in total. The first kappa shape index (κ1) is 14.6. The fourth-order valence-electron chi connectivity index (χ4n) is 1.36. The Balaban J connectivity index is 3.21. The second-order valence-corrected chi connectivity index (χ2v) is 3.55. The molecular weight excluding hydrogens is 250 g/mol. The molecule has 0 fully saturated rings. The molecule has 1 rings (SSSR count). The van der Waals surface area contributed by atoms with Crippen LogP contribution < -0.4 is 19.9 Å². The number of urea groups is 1. The zero-order valence-electron chi connectivity index (χ0n) is 11.3. The van der Waals surface area contributed by atoms with E-state index in [1.165, 1.54) is 27.5 Å². The van der Waals surface area contributed by atoms with Crippen molar-refractivity contribution in [2.75, 3.05) is 28.4 Å². The summed E-state index contributed by atoms with van der Waals surface area (Å²) in [6, 6.07) is 2.71. The Morgan fingerprint density at radius 2 is 1.74 bits per heavy atom. The molecule has 0 spiro atoms. The molecule has 0 saturated carbocycles. The summed E-state index contributed by atoms with van der Waals surface area (Å²) in [4.78, 5) is 10.9. The van der Waals surface area contributed by atoms with Gasteiger partial charge in [-0.3, -0.25) is 0 Å². The van der Waals surface area contributed by atoms with Crippen LogP contribution in [0.2, 0.25) is 0 Å². The minimum atomic E-state index is -0.664. The standard InChI is InChI=1S/C12H17N3O4/c1-15(12(13)16)14-7-9-10(18-3)5-8(17-2)6-11(9)19-4/h5-7H,1-4H3,(H2,13,16). The molecular formula is C12H17N3O4. The largest absolute Gasteiger partial charge is 0.496 e. The molecule has 7 nitrogen and oxygen atoms in total. The first-order valence-electron chi connectivity index (χ1n) is 5.40. The van der Waals surface area contributed by atoms with Crippen molar-refractivity contribution in [3.05, 3.63) is 17.7 Å². The van der Waals surface area contributed by atoms with Crippen LogP contribution in [-0.4, -0.2) is 45.6 Å². The molecule has 7 heteroatoms. The summed E-state index contributed by atoms with van der Waals surface area (Å²) in [7, 11) is 6.02. The van der Waals surface area contributed by atoms with Crippen molar-refractivity contribution in [3.8, 4) is 17.2 Å². The summed E-state index contributed by atoms with van der Waals surface area (Å²) >= 11 is 0. The van der Waals surface area contributed by atoms with Crippen molar-refractivity contribution >= 4 is 12.2 Å². The molecule has 0 atom stereocenters. The second-order valence-electron chi connectivity index (χ2n) is 3.55. The normalized spacial score (nSPS) is 10.3. The van der Waals surface area contributed by atoms with Gasteiger partial charge in [0.05, 0.1) is 33.1 Å². The number of methoxy groups -OCH3 is 3. The lowest BCUT2D eigenvalue weighted by molar-refractivity contribution is 0.220. The molecule has 0 aromatic heterocycles. The van der Waals surface area contributed by atoms with Crippen molar-refractivity contribution in [1.82, 2.24) is 5.01 Å². The molecule has 0 saturated heterocycles. The average Bonchev–Trinajstić information content (AvgIpc) is 2.43. The highest BCUT2D eigenvalue weighted by molar-refractivity contribution is 5.88. The molecule has 0 heterocycles. The maximum absolute atomic E-state index is 10.9. The number of hydrogen-bond acceptors (Lipinski definition) is 5. The lowest BCUT2D eigenvalue weighted by Gasteiger charge is -2.13. The maximum atomic E-state index is 10.9. The zero-order chi connectivity index (χ0) is 14.4. The number of nitrogens with two attached hydrogens (primary N) is 1. The topological polar surface area (TPSA) is 86.4 Å². The van der Waals surface area contributed by atoms with E-state index in [1.807, 2.05) is 0 Å². The Morgan fingerprint density at radius 1 is 1.21 bits per heavy atom. The van der Waals surface area contributed by atoms with Gasteiger partial charge < -0.3 is 19.9 Å². The van der Waals surface area contributed by atoms with Gasteiger partial charge in [-0.1, -0.05) is 0 Å². The molecule has 0 aliphatic heterocycles. The Kier molecular flexibility index (Phi) is 4.99. The third kappa shape index (κ3) is 3.51. The highest BCUT2D eigenvalue weighted by Crippen LogP contribution is 2.32. The van der Waals surface area contributed by atoms with Crippen molar-refractivity contribution in [3.63, 3.8) is 0 Å². The predicted molar refractivity (Wildman–Crippen MR) is 71.0 cm³/mol. The number of ether oxygens (including phenoxy) is 3. The van der Waals surface area contributed by atoms with Gasteiger partial charge in [0.25, 0.3) is 0 Å². The number of carbonyl (C=O) groups is 1. The van der Waals surface area contributed by atoms with Gasteiger partial charge >= 0.3 is 6.03 Å². The summed E-state index contributed by atoms with van der Waals surface area (Å²) in [5.74, 6) is 1.62. The molecule has 1 aromatic carbocycles. The van der Waals surface area contributed by atoms with E-state index in [9.17, 15) is 4.79 Å². The second kappa shape index (κ2) is 6.48. The number of hydrazone groups is 1. The first-order chi connectivity index (χ1) is 9.03. The molecule has 0 aliphatic carbocycles. The van der Waals surface area contributed by atoms with Crippen LogP contribution in [0.15, 0.2) is 17.2 Å². The highest BCUT2D eigenvalue weighted by atomic mass is 16.5. The van der Waals surface area contributed by atoms with Gasteiger partial charge in [-0.15, -0.1) is 0 Å². The Bertz CT molecular complexity index is 463. The number of carbonyl (C=O) groups excluding carboxylic acids is 1. The van der Waals surface area contributed by atoms with Crippen LogP contribution in [0, 0.1) is 0 Å². The maximum Gasteiger partial charge on any atom is 0.334 e. The van der Waals surface area contributed by atoms with Gasteiger partial charge in [0.15, 0.2) is 0 Å². The number of primary amides is 1. The summed E-state index contributed by atoms with van der Waals surface area (Å²) in [5, 5.41) is 4.90. The minimum Gasteiger partial charge on any atom is -0.496 e. The van der Waals surface area contributed by atoms with Crippen molar-refractivity contribution in [1.29, 1.82) is 0 Å². The summed E-state index contributed by atoms with van der Waals surface area (Å²) in [5.41, 5.74) is 5.66. The molecule has 0 radical (unpaired) electrons. The van der Waals surface area contributed by atoms with Crippen molar-refractivity contribution in [2.45, 2.75) is 0 Å². The highest BCUT2D eigenvalue weighted by Gasteiger charge is 2.12. The average molecular weight is 267 g/mol. The summed E-state index contributed by atoms with van der Waals surface area (Å²) < 4.78 is 15.6. The molecule has 2 amide bonds. The Hall–Kier alpha value is -2.44. The van der Waals surface area contributed by atoms with Crippen LogP contribution >= 0.6 is 0 Å². The SMILES string of the molecule is COc1cc(OC)c(C=NN(C)C(N)=O)c(OC)c1. The molecule has 104 valence electrons. The van der Waals surface area contributed by atoms with Gasteiger partial charge in [-0.25, -0.2) is 9.80 Å². The number of nitrogens with zero attached hydrogens (tertiary/aromatic N) is 2. The van der Waals surface area contributed by atoms with E-state index in [2.05, 4.69) is 5.10 Å². The Labute approximate surface area is 111 Å². The van der Waals surface area contributed by atoms with E-state index in [1.54, 1.807) is 19.2 Å². The molecule has 0 bridgehead atoms. The summed E-state index contributed by atoms with van der Waals surface area (Å²) in [6.45, 7) is 0. The van der Waals surface area contributed by atoms with Crippen molar-refractivity contribution in [2.24, 2.45) is 10.8 Å². The third-order valence-electron chi connectivity index (χ3n) is 2.43. The molecule has 0 unspecified atom stereocenters. The van der Waals surface area contributed by atoms with Gasteiger partial charge in [0.1, 0.15) is 17.2 Å². The van der Waals surface area contributed by atoms with Crippen LogP contribution in [0.5, 0.6) is 17.2 Å². The van der Waals surface area contributed by atoms with Gasteiger partial charge in [-0.2, -0.15) is 5.10 Å². The summed E-state index contributed by atoms with van der Waals surface area (Å²) in [6.07, 6.45) is 1.43. The minimum absolute atomic E-state index is 0.512. The fraction of sp³-hybridized carbons (Fsp3) is 0.333. The van der Waals surface area contributed by atoms with Gasteiger partial charge in [0.2, 0.25) is 0 Å². The van der Waals surface area contributed by atoms with E-state index in [-0.39, 0.29) is 0 Å². The fourth-order valence-corrected chi connectivity index (χ4v) is 1.36. The van der Waals surface area contributed by atoms with Crippen LogP contribution in [0.25, 0.3) is 0 Å². The molecule has 19 heavy (non-hydrogen) atoms. The number of hydrogen-bond donors (Lipinski definition) is 1. The van der Waals surface area contributed by atoms with E-state index in [0.717, 1.165) is 5.01 Å². The van der Waals surface area contributed by atoms with E-state index < -0.39 is 6.03 Å². The van der Waals surface area contributed by atoms with Crippen molar-refractivity contribution < 1.29 is 19.0 Å². The number of benzene rings is 1. The number of rotatable bonds is 5. The van der Waals surface area contributed by atoms with E-state index >= 15 is 0 Å². The zero-order valence-corrected chi connectivity index (χ0v) is 11.3. The lowest BCUT2D eigenvalue weighted by atomic mass is 10.2. The quantitative estimate of drug-likeness (QED) is 0.638. The monoisotopic (exact) mass is 267 g/mol. The molecule has 0 aliphatic rings. The van der Waals surface area contributed by atoms with Crippen LogP contribution in [0.3, 0.4) is 0 Å². The van der Waals surface area contributed by atoms with Gasteiger partial charge in [-0.05, 0) is 0 Å². The lowest BCUT2D eigenvalue weighted by Crippen LogP contribution is -2.27. The van der Waals surface area contributed by atoms with E-state index in [0.29, 0.717) is 22.8 Å².